The highest BCUT2D eigenvalue weighted by Gasteiger charge is 2.13. The predicted octanol–water partition coefficient (Wildman–Crippen LogP) is 5.74. The van der Waals surface area contributed by atoms with E-state index in [4.69, 9.17) is 4.74 Å². The Hall–Kier alpha value is -2.59. The maximum absolute atomic E-state index is 12.9. The second-order valence-electron chi connectivity index (χ2n) is 5.93. The summed E-state index contributed by atoms with van der Waals surface area (Å²) in [4.78, 5) is 12.9. The average Bonchev–Trinajstić information content (AvgIpc) is 2.67. The van der Waals surface area contributed by atoms with E-state index in [0.29, 0.717) is 17.7 Å². The minimum Gasteiger partial charge on any atom is -0.493 e. The highest BCUT2D eigenvalue weighted by atomic mass is 79.9. The fourth-order valence-corrected chi connectivity index (χ4v) is 2.79. The Morgan fingerprint density at radius 2 is 1.77 bits per heavy atom. The number of aryl methyl sites for hydroxylation is 1. The first-order valence-electron chi connectivity index (χ1n) is 8.43. The Morgan fingerprint density at radius 1 is 1.00 bits per heavy atom. The van der Waals surface area contributed by atoms with Crippen LogP contribution in [-0.4, -0.2) is 17.7 Å². The van der Waals surface area contributed by atoms with Gasteiger partial charge in [0, 0.05) is 33.9 Å². The highest BCUT2D eigenvalue weighted by Crippen LogP contribution is 2.26. The van der Waals surface area contributed by atoms with Crippen LogP contribution >= 0.6 is 15.9 Å². The maximum atomic E-state index is 12.9. The lowest BCUT2D eigenvalue weighted by Crippen LogP contribution is -2.05. The number of para-hydroxylation sites is 1. The molecule has 0 aliphatic rings. The zero-order valence-electron chi connectivity index (χ0n) is 14.5. The molecular formula is C22H20BrNO2. The van der Waals surface area contributed by atoms with Crippen LogP contribution in [0.5, 0.6) is 5.75 Å². The minimum atomic E-state index is -0.000191. The Balaban J connectivity index is 1.85. The molecule has 132 valence electrons. The Kier molecular flexibility index (Phi) is 6.08. The molecule has 0 bridgehead atoms. The Morgan fingerprint density at radius 3 is 2.54 bits per heavy atom. The topological polar surface area (TPSA) is 38.3 Å². The van der Waals surface area contributed by atoms with Crippen molar-refractivity contribution < 1.29 is 9.53 Å². The molecule has 0 amide bonds. The van der Waals surface area contributed by atoms with E-state index >= 15 is 0 Å². The molecule has 0 radical (unpaired) electrons. The molecule has 3 nitrogen and oxygen atoms in total. The maximum Gasteiger partial charge on any atom is 0.195 e. The molecule has 0 fully saturated rings. The van der Waals surface area contributed by atoms with Gasteiger partial charge in [-0.1, -0.05) is 64.0 Å². The largest absolute Gasteiger partial charge is 0.493 e. The Labute approximate surface area is 162 Å². The highest BCUT2D eigenvalue weighted by molar-refractivity contribution is 9.09. The normalized spacial score (nSPS) is 10.4. The number of hydrogen-bond acceptors (Lipinski definition) is 3. The molecule has 0 atom stereocenters. The van der Waals surface area contributed by atoms with Gasteiger partial charge in [-0.15, -0.1) is 0 Å². The second kappa shape index (κ2) is 8.68. The van der Waals surface area contributed by atoms with Crippen molar-refractivity contribution in [3.63, 3.8) is 0 Å². The molecule has 0 unspecified atom stereocenters. The van der Waals surface area contributed by atoms with Crippen LogP contribution in [0.2, 0.25) is 0 Å². The first-order valence-corrected chi connectivity index (χ1v) is 9.56. The lowest BCUT2D eigenvalue weighted by Gasteiger charge is -2.13. The van der Waals surface area contributed by atoms with Gasteiger partial charge in [-0.05, 0) is 31.2 Å². The van der Waals surface area contributed by atoms with Crippen LogP contribution < -0.4 is 10.1 Å². The van der Waals surface area contributed by atoms with E-state index in [0.717, 1.165) is 28.0 Å². The molecule has 3 aromatic carbocycles. The third-order valence-corrected chi connectivity index (χ3v) is 4.27. The molecule has 0 saturated heterocycles. The van der Waals surface area contributed by atoms with Crippen LogP contribution in [0.4, 0.5) is 11.4 Å². The van der Waals surface area contributed by atoms with E-state index in [1.54, 1.807) is 0 Å². The van der Waals surface area contributed by atoms with E-state index in [9.17, 15) is 4.79 Å². The molecule has 4 heteroatoms. The summed E-state index contributed by atoms with van der Waals surface area (Å²) >= 11 is 3.35. The summed E-state index contributed by atoms with van der Waals surface area (Å²) in [5, 5.41) is 4.12. The summed E-state index contributed by atoms with van der Waals surface area (Å²) in [6.07, 6.45) is 0. The smallest absolute Gasteiger partial charge is 0.195 e. The SMILES string of the molecule is Cc1ccc(C(=O)c2ccccc2Nc2cccc(OCCBr)c2)cc1. The van der Waals surface area contributed by atoms with Gasteiger partial charge in [0.2, 0.25) is 0 Å². The van der Waals surface area contributed by atoms with Gasteiger partial charge < -0.3 is 10.1 Å². The number of hydrogen-bond donors (Lipinski definition) is 1. The van der Waals surface area contributed by atoms with E-state index < -0.39 is 0 Å². The van der Waals surface area contributed by atoms with Crippen molar-refractivity contribution >= 4 is 33.1 Å². The van der Waals surface area contributed by atoms with Crippen LogP contribution in [0.1, 0.15) is 21.5 Å². The van der Waals surface area contributed by atoms with E-state index in [-0.39, 0.29) is 5.78 Å². The van der Waals surface area contributed by atoms with Gasteiger partial charge in [0.05, 0.1) is 6.61 Å². The van der Waals surface area contributed by atoms with Crippen LogP contribution in [0.15, 0.2) is 72.8 Å². The molecule has 0 heterocycles. The summed E-state index contributed by atoms with van der Waals surface area (Å²) in [7, 11) is 0. The number of alkyl halides is 1. The number of anilines is 2. The van der Waals surface area contributed by atoms with Gasteiger partial charge in [-0.3, -0.25) is 4.79 Å². The van der Waals surface area contributed by atoms with Crippen molar-refractivity contribution in [1.29, 1.82) is 0 Å². The van der Waals surface area contributed by atoms with Crippen molar-refractivity contribution in [2.45, 2.75) is 6.92 Å². The molecule has 0 aliphatic carbocycles. The number of halogens is 1. The van der Waals surface area contributed by atoms with Gasteiger partial charge in [0.25, 0.3) is 0 Å². The molecule has 0 aromatic heterocycles. The molecule has 26 heavy (non-hydrogen) atoms. The predicted molar refractivity (Wildman–Crippen MR) is 110 cm³/mol. The van der Waals surface area contributed by atoms with Crippen molar-refractivity contribution in [1.82, 2.24) is 0 Å². The van der Waals surface area contributed by atoms with Gasteiger partial charge >= 0.3 is 0 Å². The summed E-state index contributed by atoms with van der Waals surface area (Å²) in [6.45, 7) is 2.61. The lowest BCUT2D eigenvalue weighted by molar-refractivity contribution is 0.103. The zero-order valence-corrected chi connectivity index (χ0v) is 16.1. The molecule has 0 spiro atoms. The summed E-state index contributed by atoms with van der Waals surface area (Å²) in [6, 6.07) is 22.9. The van der Waals surface area contributed by atoms with Crippen molar-refractivity contribution in [2.75, 3.05) is 17.3 Å². The van der Waals surface area contributed by atoms with E-state index in [1.807, 2.05) is 79.7 Å². The van der Waals surface area contributed by atoms with E-state index in [2.05, 4.69) is 21.2 Å². The fourth-order valence-electron chi connectivity index (χ4n) is 2.63. The summed E-state index contributed by atoms with van der Waals surface area (Å²) in [5.41, 5.74) is 4.10. The number of ether oxygens (including phenoxy) is 1. The molecule has 3 rings (SSSR count). The number of ketones is 1. The van der Waals surface area contributed by atoms with Crippen LogP contribution in [-0.2, 0) is 0 Å². The standard InChI is InChI=1S/C22H20BrNO2/c1-16-9-11-17(12-10-16)22(25)20-7-2-3-8-21(20)24-18-5-4-6-19(15-18)26-14-13-23/h2-12,15,24H,13-14H2,1H3. The summed E-state index contributed by atoms with van der Waals surface area (Å²) in [5.74, 6) is 0.789. The Bertz CT molecular complexity index is 891. The first kappa shape index (κ1) is 18.2. The summed E-state index contributed by atoms with van der Waals surface area (Å²) < 4.78 is 5.64. The molecule has 1 N–H and O–H groups in total. The molecule has 0 aliphatic heterocycles. The molecule has 0 saturated carbocycles. The third kappa shape index (κ3) is 4.52. The number of nitrogens with one attached hydrogen (secondary N) is 1. The second-order valence-corrected chi connectivity index (χ2v) is 6.72. The van der Waals surface area contributed by atoms with Crippen LogP contribution in [0.25, 0.3) is 0 Å². The lowest BCUT2D eigenvalue weighted by atomic mass is 10.0. The number of rotatable bonds is 7. The van der Waals surface area contributed by atoms with Gasteiger partial charge in [-0.25, -0.2) is 0 Å². The van der Waals surface area contributed by atoms with E-state index in [1.165, 1.54) is 0 Å². The molecular weight excluding hydrogens is 390 g/mol. The third-order valence-electron chi connectivity index (χ3n) is 3.94. The fraction of sp³-hybridized carbons (Fsp3) is 0.136. The average molecular weight is 410 g/mol. The van der Waals surface area contributed by atoms with Crippen molar-refractivity contribution in [3.8, 4) is 5.75 Å². The van der Waals surface area contributed by atoms with Gasteiger partial charge in [-0.2, -0.15) is 0 Å². The quantitative estimate of drug-likeness (QED) is 0.399. The van der Waals surface area contributed by atoms with Gasteiger partial charge in [0.15, 0.2) is 5.78 Å². The minimum absolute atomic E-state index is 0.000191. The van der Waals surface area contributed by atoms with Crippen molar-refractivity contribution in [3.05, 3.63) is 89.5 Å². The number of carbonyl (C=O) groups is 1. The molecule has 3 aromatic rings. The number of benzene rings is 3. The zero-order chi connectivity index (χ0) is 18.4. The van der Waals surface area contributed by atoms with Crippen LogP contribution in [0, 0.1) is 6.92 Å². The first-order chi connectivity index (χ1) is 12.7. The monoisotopic (exact) mass is 409 g/mol. The van der Waals surface area contributed by atoms with Gasteiger partial charge in [0.1, 0.15) is 5.75 Å². The number of carbonyl (C=O) groups excluding carboxylic acids is 1. The van der Waals surface area contributed by atoms with Crippen LogP contribution in [0.3, 0.4) is 0 Å². The van der Waals surface area contributed by atoms with Crippen molar-refractivity contribution in [2.24, 2.45) is 0 Å².